The number of nitrogens with two attached hydrogens (primary N) is 1. The van der Waals surface area contributed by atoms with Crippen molar-refractivity contribution in [2.45, 2.75) is 6.54 Å². The summed E-state index contributed by atoms with van der Waals surface area (Å²) in [7, 11) is 0. The van der Waals surface area contributed by atoms with E-state index in [9.17, 15) is 0 Å². The topological polar surface area (TPSA) is 52.0 Å². The van der Waals surface area contributed by atoms with Crippen molar-refractivity contribution >= 4 is 11.3 Å². The summed E-state index contributed by atoms with van der Waals surface area (Å²) < 4.78 is 5.24. The van der Waals surface area contributed by atoms with E-state index < -0.39 is 0 Å². The summed E-state index contributed by atoms with van der Waals surface area (Å²) in [4.78, 5) is 5.15. The van der Waals surface area contributed by atoms with Gasteiger partial charge >= 0.3 is 0 Å². The first-order valence-corrected chi connectivity index (χ1v) is 4.46. The molecule has 0 radical (unpaired) electrons. The van der Waals surface area contributed by atoms with Crippen molar-refractivity contribution in [1.82, 2.24) is 4.98 Å². The minimum Gasteiger partial charge on any atom is -0.463 e. The standard InChI is InChI=1S/C8H8N2OS/c9-4-6-8(12-5-10-6)7-2-1-3-11-7/h1-3,5H,4,9H2. The van der Waals surface area contributed by atoms with Gasteiger partial charge in [-0.15, -0.1) is 11.3 Å². The van der Waals surface area contributed by atoms with E-state index in [0.29, 0.717) is 6.54 Å². The van der Waals surface area contributed by atoms with Gasteiger partial charge in [-0.1, -0.05) is 0 Å². The van der Waals surface area contributed by atoms with Crippen LogP contribution >= 0.6 is 11.3 Å². The minimum absolute atomic E-state index is 0.458. The van der Waals surface area contributed by atoms with Gasteiger partial charge in [0.25, 0.3) is 0 Å². The van der Waals surface area contributed by atoms with Crippen molar-refractivity contribution in [3.63, 3.8) is 0 Å². The maximum absolute atomic E-state index is 5.50. The highest BCUT2D eigenvalue weighted by Crippen LogP contribution is 2.27. The minimum atomic E-state index is 0.458. The molecule has 12 heavy (non-hydrogen) atoms. The van der Waals surface area contributed by atoms with Crippen LogP contribution in [0.2, 0.25) is 0 Å². The van der Waals surface area contributed by atoms with Crippen molar-refractivity contribution in [3.8, 4) is 10.6 Å². The number of hydrogen-bond acceptors (Lipinski definition) is 4. The van der Waals surface area contributed by atoms with Crippen LogP contribution < -0.4 is 5.73 Å². The fourth-order valence-electron chi connectivity index (χ4n) is 1.02. The Bertz CT molecular complexity index is 353. The van der Waals surface area contributed by atoms with Crippen molar-refractivity contribution in [2.75, 3.05) is 0 Å². The molecule has 62 valence electrons. The Morgan fingerprint density at radius 1 is 1.58 bits per heavy atom. The smallest absolute Gasteiger partial charge is 0.145 e. The molecule has 0 fully saturated rings. The van der Waals surface area contributed by atoms with Crippen LogP contribution in [-0.2, 0) is 6.54 Å². The molecule has 2 aromatic heterocycles. The monoisotopic (exact) mass is 180 g/mol. The zero-order valence-electron chi connectivity index (χ0n) is 6.36. The van der Waals surface area contributed by atoms with Gasteiger partial charge in [0.2, 0.25) is 0 Å². The van der Waals surface area contributed by atoms with Gasteiger partial charge in [0.05, 0.1) is 22.3 Å². The third kappa shape index (κ3) is 1.15. The molecular formula is C8H8N2OS. The van der Waals surface area contributed by atoms with Gasteiger partial charge < -0.3 is 10.2 Å². The number of aromatic nitrogens is 1. The summed E-state index contributed by atoms with van der Waals surface area (Å²) in [6, 6.07) is 3.77. The summed E-state index contributed by atoms with van der Waals surface area (Å²) in [5.74, 6) is 0.845. The molecule has 0 aromatic carbocycles. The average Bonchev–Trinajstić information content (AvgIpc) is 2.74. The Hall–Kier alpha value is -1.13. The van der Waals surface area contributed by atoms with Gasteiger partial charge in [0.15, 0.2) is 0 Å². The van der Waals surface area contributed by atoms with Crippen LogP contribution in [0, 0.1) is 0 Å². The first-order chi connectivity index (χ1) is 5.92. The van der Waals surface area contributed by atoms with E-state index in [1.165, 1.54) is 0 Å². The van der Waals surface area contributed by atoms with Crippen LogP contribution in [-0.4, -0.2) is 4.98 Å². The maximum atomic E-state index is 5.50. The molecule has 0 aliphatic heterocycles. The van der Waals surface area contributed by atoms with Crippen LogP contribution in [0.15, 0.2) is 28.3 Å². The van der Waals surface area contributed by atoms with Gasteiger partial charge in [-0.3, -0.25) is 0 Å². The van der Waals surface area contributed by atoms with E-state index in [0.717, 1.165) is 16.3 Å². The normalized spacial score (nSPS) is 10.4. The molecule has 2 rings (SSSR count). The van der Waals surface area contributed by atoms with E-state index in [1.807, 2.05) is 12.1 Å². The SMILES string of the molecule is NCc1ncsc1-c1ccco1. The molecule has 0 aliphatic carbocycles. The Balaban J connectivity index is 2.46. The van der Waals surface area contributed by atoms with E-state index in [2.05, 4.69) is 4.98 Å². The second-order valence-electron chi connectivity index (χ2n) is 2.31. The molecular weight excluding hydrogens is 172 g/mol. The maximum Gasteiger partial charge on any atom is 0.145 e. The van der Waals surface area contributed by atoms with E-state index in [-0.39, 0.29) is 0 Å². The van der Waals surface area contributed by atoms with Gasteiger partial charge in [-0.2, -0.15) is 0 Å². The van der Waals surface area contributed by atoms with Crippen molar-refractivity contribution in [2.24, 2.45) is 5.73 Å². The third-order valence-electron chi connectivity index (χ3n) is 1.58. The first kappa shape index (κ1) is 7.52. The van der Waals surface area contributed by atoms with E-state index >= 15 is 0 Å². The molecule has 2 aromatic rings. The lowest BCUT2D eigenvalue weighted by Gasteiger charge is -1.93. The highest BCUT2D eigenvalue weighted by molar-refractivity contribution is 7.13. The van der Waals surface area contributed by atoms with Crippen molar-refractivity contribution in [1.29, 1.82) is 0 Å². The largest absolute Gasteiger partial charge is 0.463 e. The van der Waals surface area contributed by atoms with Crippen LogP contribution in [0.25, 0.3) is 10.6 Å². The second-order valence-corrected chi connectivity index (χ2v) is 3.16. The third-order valence-corrected chi connectivity index (χ3v) is 2.46. The van der Waals surface area contributed by atoms with Gasteiger partial charge in [-0.25, -0.2) is 4.98 Å². The molecule has 4 heteroatoms. The molecule has 0 saturated carbocycles. The molecule has 2 heterocycles. The van der Waals surface area contributed by atoms with Crippen molar-refractivity contribution in [3.05, 3.63) is 29.6 Å². The van der Waals surface area contributed by atoms with Gasteiger partial charge in [0, 0.05) is 6.54 Å². The van der Waals surface area contributed by atoms with Crippen LogP contribution in [0.1, 0.15) is 5.69 Å². The highest BCUT2D eigenvalue weighted by atomic mass is 32.1. The fourth-order valence-corrected chi connectivity index (χ4v) is 1.81. The lowest BCUT2D eigenvalue weighted by molar-refractivity contribution is 0.583. The number of furan rings is 1. The summed E-state index contributed by atoms with van der Waals surface area (Å²) in [6.07, 6.45) is 1.65. The fraction of sp³-hybridized carbons (Fsp3) is 0.125. The second kappa shape index (κ2) is 3.08. The van der Waals surface area contributed by atoms with Gasteiger partial charge in [0.1, 0.15) is 5.76 Å². The quantitative estimate of drug-likeness (QED) is 0.767. The Kier molecular flexibility index (Phi) is 1.93. The zero-order valence-corrected chi connectivity index (χ0v) is 7.17. The summed E-state index contributed by atoms with van der Waals surface area (Å²) >= 11 is 1.55. The predicted octanol–water partition coefficient (Wildman–Crippen LogP) is 1.86. The first-order valence-electron chi connectivity index (χ1n) is 3.58. The lowest BCUT2D eigenvalue weighted by atomic mass is 10.3. The van der Waals surface area contributed by atoms with E-state index in [1.54, 1.807) is 23.1 Å². The van der Waals surface area contributed by atoms with Crippen LogP contribution in [0.3, 0.4) is 0 Å². The molecule has 0 saturated heterocycles. The Morgan fingerprint density at radius 3 is 3.17 bits per heavy atom. The number of thiazole rings is 1. The number of nitrogens with zero attached hydrogens (tertiary/aromatic N) is 1. The zero-order chi connectivity index (χ0) is 8.39. The highest BCUT2D eigenvalue weighted by Gasteiger charge is 2.08. The molecule has 0 aliphatic rings. The molecule has 0 amide bonds. The average molecular weight is 180 g/mol. The van der Waals surface area contributed by atoms with Crippen molar-refractivity contribution < 1.29 is 4.42 Å². The molecule has 0 unspecified atom stereocenters. The van der Waals surface area contributed by atoms with Crippen LogP contribution in [0.4, 0.5) is 0 Å². The molecule has 0 spiro atoms. The predicted molar refractivity (Wildman–Crippen MR) is 47.7 cm³/mol. The Labute approximate surface area is 73.8 Å². The molecule has 0 atom stereocenters. The van der Waals surface area contributed by atoms with Crippen LogP contribution in [0.5, 0.6) is 0 Å². The van der Waals surface area contributed by atoms with Gasteiger partial charge in [-0.05, 0) is 12.1 Å². The Morgan fingerprint density at radius 2 is 2.50 bits per heavy atom. The molecule has 0 bridgehead atoms. The summed E-state index contributed by atoms with van der Waals surface area (Å²) in [5, 5.41) is 0. The lowest BCUT2D eigenvalue weighted by Crippen LogP contribution is -1.97. The number of rotatable bonds is 2. The molecule has 3 nitrogen and oxygen atoms in total. The summed E-state index contributed by atoms with van der Waals surface area (Å²) in [5.41, 5.74) is 8.18. The summed E-state index contributed by atoms with van der Waals surface area (Å²) in [6.45, 7) is 0.458. The number of hydrogen-bond donors (Lipinski definition) is 1. The van der Waals surface area contributed by atoms with E-state index in [4.69, 9.17) is 10.2 Å². The molecule has 2 N–H and O–H groups in total.